The van der Waals surface area contributed by atoms with Gasteiger partial charge in [-0.15, -0.1) is 12.4 Å². The highest BCUT2D eigenvalue weighted by Gasteiger charge is 2.31. The summed E-state index contributed by atoms with van der Waals surface area (Å²) in [6, 6.07) is 5.14. The molecule has 1 aromatic carbocycles. The van der Waals surface area contributed by atoms with Gasteiger partial charge in [-0.25, -0.2) is 8.42 Å². The summed E-state index contributed by atoms with van der Waals surface area (Å²) >= 11 is 0. The van der Waals surface area contributed by atoms with Crippen LogP contribution in [0.4, 0.5) is 5.69 Å². The van der Waals surface area contributed by atoms with E-state index in [0.717, 1.165) is 0 Å². The van der Waals surface area contributed by atoms with Crippen LogP contribution in [0.1, 0.15) is 13.8 Å². The van der Waals surface area contributed by atoms with Gasteiger partial charge in [0.1, 0.15) is 0 Å². The summed E-state index contributed by atoms with van der Waals surface area (Å²) in [5, 5.41) is 13.8. The van der Waals surface area contributed by atoms with Crippen molar-refractivity contribution in [3.8, 4) is 0 Å². The van der Waals surface area contributed by atoms with Crippen LogP contribution >= 0.6 is 12.4 Å². The Kier molecular flexibility index (Phi) is 5.68. The van der Waals surface area contributed by atoms with Crippen LogP contribution in [0.5, 0.6) is 0 Å². The average molecular weight is 336 g/mol. The van der Waals surface area contributed by atoms with Crippen LogP contribution in [0.2, 0.25) is 0 Å². The average Bonchev–Trinajstić information content (AvgIpc) is 2.37. The van der Waals surface area contributed by atoms with Gasteiger partial charge >= 0.3 is 0 Å². The molecule has 1 fully saturated rings. The summed E-state index contributed by atoms with van der Waals surface area (Å²) < 4.78 is 26.4. The van der Waals surface area contributed by atoms with Crippen molar-refractivity contribution >= 4 is 28.1 Å². The zero-order valence-electron chi connectivity index (χ0n) is 11.7. The van der Waals surface area contributed by atoms with Gasteiger partial charge in [0.2, 0.25) is 10.0 Å². The molecule has 21 heavy (non-hydrogen) atoms. The van der Waals surface area contributed by atoms with Crippen LogP contribution < -0.4 is 5.32 Å². The maximum Gasteiger partial charge on any atom is 0.269 e. The molecular weight excluding hydrogens is 318 g/mol. The van der Waals surface area contributed by atoms with E-state index in [9.17, 15) is 18.5 Å². The number of nitrogens with zero attached hydrogens (tertiary/aromatic N) is 2. The number of nitrogens with one attached hydrogen (secondary N) is 1. The highest BCUT2D eigenvalue weighted by atomic mass is 35.5. The molecule has 1 saturated heterocycles. The minimum absolute atomic E-state index is 0. The Balaban J connectivity index is 0.00000220. The van der Waals surface area contributed by atoms with Gasteiger partial charge in [-0.1, -0.05) is 0 Å². The molecule has 1 heterocycles. The molecule has 118 valence electrons. The standard InChI is InChI=1S/C12H17N3O4S.ClH/c1-9-7-14(8-10(2)13-9)20(18,19)12-5-3-11(4-6-12)15(16)17;/h3-6,9-10,13H,7-8H2,1-2H3;1H. The van der Waals surface area contributed by atoms with Gasteiger partial charge in [-0.2, -0.15) is 4.31 Å². The van der Waals surface area contributed by atoms with Crippen molar-refractivity contribution in [2.45, 2.75) is 30.8 Å². The number of sulfonamides is 1. The number of hydrogen-bond acceptors (Lipinski definition) is 5. The smallest absolute Gasteiger partial charge is 0.269 e. The van der Waals surface area contributed by atoms with Crippen LogP contribution in [0.3, 0.4) is 0 Å². The number of nitro benzene ring substituents is 1. The van der Waals surface area contributed by atoms with E-state index in [1.54, 1.807) is 0 Å². The summed E-state index contributed by atoms with van der Waals surface area (Å²) in [4.78, 5) is 10.1. The number of piperazine rings is 1. The van der Waals surface area contributed by atoms with Gasteiger partial charge in [-0.3, -0.25) is 10.1 Å². The van der Waals surface area contributed by atoms with E-state index in [4.69, 9.17) is 0 Å². The molecule has 2 unspecified atom stereocenters. The second kappa shape index (κ2) is 6.69. The fourth-order valence-corrected chi connectivity index (χ4v) is 3.98. The second-order valence-electron chi connectivity index (χ2n) is 5.04. The lowest BCUT2D eigenvalue weighted by Crippen LogP contribution is -2.55. The van der Waals surface area contributed by atoms with Crippen molar-refractivity contribution in [3.63, 3.8) is 0 Å². The summed E-state index contributed by atoms with van der Waals surface area (Å²) in [6.45, 7) is 4.63. The largest absolute Gasteiger partial charge is 0.309 e. The Morgan fingerprint density at radius 1 is 1.19 bits per heavy atom. The molecular formula is C12H18ClN3O4S. The fraction of sp³-hybridized carbons (Fsp3) is 0.500. The molecule has 7 nitrogen and oxygen atoms in total. The summed E-state index contributed by atoms with van der Waals surface area (Å²) in [5.74, 6) is 0. The first-order valence-corrected chi connectivity index (χ1v) is 7.75. The number of rotatable bonds is 3. The van der Waals surface area contributed by atoms with Gasteiger partial charge in [0.15, 0.2) is 0 Å². The van der Waals surface area contributed by atoms with E-state index >= 15 is 0 Å². The van der Waals surface area contributed by atoms with E-state index in [2.05, 4.69) is 5.32 Å². The predicted octanol–water partition coefficient (Wildman–Crippen LogP) is 1.39. The lowest BCUT2D eigenvalue weighted by Gasteiger charge is -2.35. The minimum atomic E-state index is -3.60. The van der Waals surface area contributed by atoms with Crippen molar-refractivity contribution in [1.29, 1.82) is 0 Å². The molecule has 1 aromatic rings. The molecule has 0 bridgehead atoms. The molecule has 0 radical (unpaired) electrons. The number of halogens is 1. The minimum Gasteiger partial charge on any atom is -0.309 e. The first-order valence-electron chi connectivity index (χ1n) is 6.31. The van der Waals surface area contributed by atoms with Crippen LogP contribution in [0, 0.1) is 10.1 Å². The lowest BCUT2D eigenvalue weighted by molar-refractivity contribution is -0.384. The molecule has 1 N–H and O–H groups in total. The molecule has 9 heteroatoms. The highest BCUT2D eigenvalue weighted by Crippen LogP contribution is 2.21. The van der Waals surface area contributed by atoms with E-state index < -0.39 is 14.9 Å². The van der Waals surface area contributed by atoms with Crippen molar-refractivity contribution in [3.05, 3.63) is 34.4 Å². The van der Waals surface area contributed by atoms with Crippen LogP contribution in [-0.2, 0) is 10.0 Å². The Hall–Kier alpha value is -1.22. The Morgan fingerprint density at radius 2 is 1.67 bits per heavy atom. The molecule has 2 atom stereocenters. The third kappa shape index (κ3) is 3.91. The maximum absolute atomic E-state index is 12.5. The monoisotopic (exact) mass is 335 g/mol. The SMILES string of the molecule is CC1CN(S(=O)(=O)c2ccc([N+](=O)[O-])cc2)CC(C)N1.Cl. The normalized spacial score (nSPS) is 23.3. The van der Waals surface area contributed by atoms with E-state index in [1.807, 2.05) is 13.8 Å². The topological polar surface area (TPSA) is 92.5 Å². The van der Waals surface area contributed by atoms with Crippen molar-refractivity contribution in [2.75, 3.05) is 13.1 Å². The number of nitro groups is 1. The van der Waals surface area contributed by atoms with Gasteiger partial charge in [0, 0.05) is 37.3 Å². The molecule has 0 aliphatic carbocycles. The van der Waals surface area contributed by atoms with Crippen molar-refractivity contribution in [2.24, 2.45) is 0 Å². The fourth-order valence-electron chi connectivity index (χ4n) is 2.36. The van der Waals surface area contributed by atoms with E-state index in [1.165, 1.54) is 28.6 Å². The second-order valence-corrected chi connectivity index (χ2v) is 6.98. The number of benzene rings is 1. The predicted molar refractivity (Wildman–Crippen MR) is 81.2 cm³/mol. The molecule has 0 saturated carbocycles. The van der Waals surface area contributed by atoms with Gasteiger partial charge in [0.05, 0.1) is 9.82 Å². The van der Waals surface area contributed by atoms with E-state index in [-0.39, 0.29) is 35.1 Å². The zero-order valence-corrected chi connectivity index (χ0v) is 13.4. The van der Waals surface area contributed by atoms with Crippen LogP contribution in [0.25, 0.3) is 0 Å². The molecule has 2 rings (SSSR count). The Morgan fingerprint density at radius 3 is 2.10 bits per heavy atom. The third-order valence-electron chi connectivity index (χ3n) is 3.21. The lowest BCUT2D eigenvalue weighted by atomic mass is 10.2. The number of hydrogen-bond donors (Lipinski definition) is 1. The van der Waals surface area contributed by atoms with Crippen molar-refractivity contribution < 1.29 is 13.3 Å². The van der Waals surface area contributed by atoms with E-state index in [0.29, 0.717) is 13.1 Å². The molecule has 1 aliphatic heterocycles. The Labute approximate surface area is 129 Å². The molecule has 0 aromatic heterocycles. The van der Waals surface area contributed by atoms with Gasteiger partial charge in [-0.05, 0) is 26.0 Å². The van der Waals surface area contributed by atoms with Crippen LogP contribution in [0.15, 0.2) is 29.2 Å². The maximum atomic E-state index is 12.5. The van der Waals surface area contributed by atoms with Crippen molar-refractivity contribution in [1.82, 2.24) is 9.62 Å². The number of non-ortho nitro benzene ring substituents is 1. The molecule has 0 amide bonds. The zero-order chi connectivity index (χ0) is 14.9. The molecule has 0 spiro atoms. The third-order valence-corrected chi connectivity index (χ3v) is 5.06. The highest BCUT2D eigenvalue weighted by molar-refractivity contribution is 7.89. The molecule has 1 aliphatic rings. The first kappa shape index (κ1) is 17.8. The summed E-state index contributed by atoms with van der Waals surface area (Å²) in [5.41, 5.74) is -0.119. The summed E-state index contributed by atoms with van der Waals surface area (Å²) in [6.07, 6.45) is 0. The van der Waals surface area contributed by atoms with Gasteiger partial charge < -0.3 is 5.32 Å². The Bertz CT molecular complexity index is 595. The van der Waals surface area contributed by atoms with Gasteiger partial charge in [0.25, 0.3) is 5.69 Å². The summed E-state index contributed by atoms with van der Waals surface area (Å²) in [7, 11) is -3.60. The quantitative estimate of drug-likeness (QED) is 0.665. The van der Waals surface area contributed by atoms with Crippen LogP contribution in [-0.4, -0.2) is 42.8 Å². The first-order chi connectivity index (χ1) is 9.30.